The Morgan fingerprint density at radius 2 is 0.462 bits per heavy atom. The van der Waals surface area contributed by atoms with Crippen molar-refractivity contribution in [1.82, 2.24) is 0 Å². The Bertz CT molecular complexity index is 4030. The van der Waals surface area contributed by atoms with Gasteiger partial charge in [-0.25, -0.2) is 14.4 Å². The monoisotopic (exact) mass is 1830 g/mol. The molecule has 8 rings (SSSR count). The van der Waals surface area contributed by atoms with E-state index in [0.29, 0.717) is 48.6 Å². The number of carbonyl (C=O) groups is 3. The molecule has 0 bridgehead atoms. The van der Waals surface area contributed by atoms with E-state index < -0.39 is 125 Å². The summed E-state index contributed by atoms with van der Waals surface area (Å²) in [4.78, 5) is 33.3. The fourth-order valence-corrected chi connectivity index (χ4v) is 11.6. The summed E-state index contributed by atoms with van der Waals surface area (Å²) in [6.45, 7) is -2.16. The summed E-state index contributed by atoms with van der Waals surface area (Å²) in [5, 5.41) is 75.9. The zero-order chi connectivity index (χ0) is 93.5. The van der Waals surface area contributed by atoms with E-state index in [2.05, 4.69) is 24.3 Å². The molecule has 0 spiro atoms. The summed E-state index contributed by atoms with van der Waals surface area (Å²) in [6.07, 6.45) is -5.65. The van der Waals surface area contributed by atoms with Gasteiger partial charge in [-0.3, -0.25) is 4.39 Å². The van der Waals surface area contributed by atoms with Crippen LogP contribution in [0.3, 0.4) is 0 Å². The molecule has 0 amide bonds. The minimum absolute atomic E-state index is 0.0147. The van der Waals surface area contributed by atoms with Crippen molar-refractivity contribution in [1.29, 1.82) is 0 Å². The summed E-state index contributed by atoms with van der Waals surface area (Å²) < 4.78 is 141. The molecule has 8 N–H and O–H groups in total. The van der Waals surface area contributed by atoms with Gasteiger partial charge in [-0.1, -0.05) is 170 Å². The molecule has 8 aromatic rings. The normalized spacial score (nSPS) is 14.1. The van der Waals surface area contributed by atoms with Gasteiger partial charge in [-0.15, -0.1) is 0 Å². The summed E-state index contributed by atoms with van der Waals surface area (Å²) in [7, 11) is -1.00. The summed E-state index contributed by atoms with van der Waals surface area (Å²) in [5.74, 6) is 0.288. The van der Waals surface area contributed by atoms with E-state index >= 15 is 0 Å². The van der Waals surface area contributed by atoms with Gasteiger partial charge in [0.2, 0.25) is 0 Å². The van der Waals surface area contributed by atoms with Gasteiger partial charge in [0.1, 0.15) is 167 Å². The van der Waals surface area contributed by atoms with Gasteiger partial charge in [0.25, 0.3) is 0 Å². The van der Waals surface area contributed by atoms with Crippen molar-refractivity contribution >= 4 is 17.9 Å². The van der Waals surface area contributed by atoms with Gasteiger partial charge in [-0.05, 0) is 110 Å². The van der Waals surface area contributed by atoms with Gasteiger partial charge in [0.05, 0.1) is 127 Å². The van der Waals surface area contributed by atoms with E-state index in [-0.39, 0.29) is 145 Å². The largest absolute Gasteiger partial charge is 0.491 e. The summed E-state index contributed by atoms with van der Waals surface area (Å²) >= 11 is 0. The van der Waals surface area contributed by atoms with Crippen molar-refractivity contribution in [2.75, 3.05) is 199 Å². The molecule has 0 aliphatic carbocycles. The maximum absolute atomic E-state index is 11.4. The van der Waals surface area contributed by atoms with Crippen molar-refractivity contribution in [3.8, 4) is 34.5 Å². The van der Waals surface area contributed by atoms with Crippen LogP contribution in [0, 0.1) is 0 Å². The SMILES string of the molecule is O=C(O)COCC(O)COC(COCC(=O)O)COC(COCC(=O)O)COC(COc1ccccc1)COC(COc1ccccc1)COC(COCCCc1ccccc1)COc1ccccc1.OCC(O)COC(CO)COC(CO)COC(COc1ccccc1)COC(COc1ccccc1)COC(COCCCc1ccccc1)COc1ccccc1.[2H]CF. The van der Waals surface area contributed by atoms with Crippen LogP contribution < -0.4 is 28.4 Å². The average Bonchev–Trinajstić information content (AvgIpc) is 0.911. The lowest BCUT2D eigenvalue weighted by Crippen LogP contribution is -2.39. The Kier molecular flexibility index (Phi) is 58.4. The fourth-order valence-electron chi connectivity index (χ4n) is 11.6. The number of halogens is 1. The number of hydrogen-bond acceptors (Lipinski definition) is 29. The number of carboxylic acids is 3. The highest BCUT2D eigenvalue weighted by molar-refractivity contribution is 5.68. The van der Waals surface area contributed by atoms with Gasteiger partial charge < -0.3 is 140 Å². The highest BCUT2D eigenvalue weighted by Crippen LogP contribution is 2.20. The van der Waals surface area contributed by atoms with E-state index in [1.807, 2.05) is 206 Å². The molecule has 0 saturated heterocycles. The zero-order valence-electron chi connectivity index (χ0n) is 74.3. The van der Waals surface area contributed by atoms with Crippen LogP contribution >= 0.6 is 0 Å². The Balaban J connectivity index is 0.000000398. The van der Waals surface area contributed by atoms with Gasteiger partial charge >= 0.3 is 17.9 Å². The fraction of sp³-hybridized carbons (Fsp3) is 0.474. The molecular weight excluding hydrogens is 1700 g/mol. The number of hydrogen-bond donors (Lipinski definition) is 8. The molecule has 0 aliphatic rings. The number of aliphatic carboxylic acids is 3. The van der Waals surface area contributed by atoms with Crippen molar-refractivity contribution in [3.63, 3.8) is 0 Å². The highest BCUT2D eigenvalue weighted by atomic mass is 19.1. The number of aliphatic hydroxyl groups excluding tert-OH is 5. The lowest BCUT2D eigenvalue weighted by atomic mass is 10.1. The molecule has 12 unspecified atom stereocenters. The first kappa shape index (κ1) is 107. The maximum Gasteiger partial charge on any atom is 0.329 e. The summed E-state index contributed by atoms with van der Waals surface area (Å²) in [6, 6.07) is 76.5. The van der Waals surface area contributed by atoms with Crippen LogP contribution in [0.2, 0.25) is 0 Å². The Morgan fingerprint density at radius 1 is 0.262 bits per heavy atom. The maximum atomic E-state index is 11.4. The number of ether oxygens (including phenoxy) is 21. The molecule has 0 aliphatic heterocycles. The van der Waals surface area contributed by atoms with Crippen LogP contribution in [0.25, 0.3) is 0 Å². The van der Waals surface area contributed by atoms with Gasteiger partial charge in [-0.2, -0.15) is 0 Å². The van der Waals surface area contributed by atoms with E-state index in [0.717, 1.165) is 31.4 Å². The molecule has 130 heavy (non-hydrogen) atoms. The third-order valence-electron chi connectivity index (χ3n) is 18.3. The van der Waals surface area contributed by atoms with Crippen LogP contribution in [-0.4, -0.2) is 331 Å². The van der Waals surface area contributed by atoms with E-state index in [9.17, 15) is 44.3 Å². The van der Waals surface area contributed by atoms with Crippen LogP contribution in [0.4, 0.5) is 4.39 Å². The number of para-hydroxylation sites is 6. The third kappa shape index (κ3) is 53.4. The predicted octanol–water partition coefficient (Wildman–Crippen LogP) is 9.19. The first-order valence-electron chi connectivity index (χ1n) is 43.7. The van der Waals surface area contributed by atoms with Crippen molar-refractivity contribution in [2.45, 2.75) is 98.9 Å². The molecular formula is C97H129FO32. The number of benzene rings is 8. The quantitative estimate of drug-likeness (QED) is 0.0165. The average molecular weight is 1830 g/mol. The summed E-state index contributed by atoms with van der Waals surface area (Å²) in [5.41, 5.74) is 2.49. The molecule has 8 aromatic carbocycles. The Hall–Kier alpha value is -9.90. The highest BCUT2D eigenvalue weighted by Gasteiger charge is 2.27. The first-order chi connectivity index (χ1) is 64.1. The molecule has 716 valence electrons. The number of carboxylic acid groups (broad SMARTS) is 3. The molecule has 12 atom stereocenters. The van der Waals surface area contributed by atoms with Crippen molar-refractivity contribution in [2.24, 2.45) is 0 Å². The molecule has 0 heterocycles. The topological polar surface area (TPSA) is 407 Å². The van der Waals surface area contributed by atoms with Crippen LogP contribution in [-0.2, 0) is 98.3 Å². The molecule has 0 fully saturated rings. The van der Waals surface area contributed by atoms with Crippen LogP contribution in [0.15, 0.2) is 243 Å². The van der Waals surface area contributed by atoms with E-state index in [1.165, 1.54) is 11.1 Å². The molecule has 0 radical (unpaired) electrons. The number of aliphatic hydroxyl groups is 5. The minimum atomic E-state index is -1.23. The van der Waals surface area contributed by atoms with Crippen molar-refractivity contribution < 1.29 is 160 Å². The number of alkyl halides is 1. The smallest absolute Gasteiger partial charge is 0.329 e. The van der Waals surface area contributed by atoms with Gasteiger partial charge in [0.15, 0.2) is 0 Å². The Morgan fingerprint density at radius 3 is 0.715 bits per heavy atom. The third-order valence-corrected chi connectivity index (χ3v) is 18.3. The molecule has 0 aromatic heterocycles. The van der Waals surface area contributed by atoms with E-state index in [4.69, 9.17) is 116 Å². The number of rotatable bonds is 75. The van der Waals surface area contributed by atoms with Crippen molar-refractivity contribution in [3.05, 3.63) is 254 Å². The lowest BCUT2D eigenvalue weighted by Gasteiger charge is -2.27. The number of aryl methyl sites for hydroxylation is 2. The second-order valence-electron chi connectivity index (χ2n) is 29.2. The van der Waals surface area contributed by atoms with Crippen LogP contribution in [0.5, 0.6) is 34.5 Å². The standard InChI is InChI=1S/C51H66O19.C45H60O13.CH3F/c52-40(24-60-36-49(53)54)25-63-45(27-61-37-50(55)56)30-67-46(28-62-38-51(57)58)31-69-48(33-66-43-21-11-4-12-22-43)35-70-47(32-65-42-19-9-3-10-20-42)34-68-44(29-64-41-17-7-2-8-18-41)26-59-23-13-16-39-14-5-1-6-15-39;46-24-37(49)27-51-41(25-47)29-55-42(26-48)30-56-44(32-53-39-19-9-3-10-20-39)35-58-45(33-54-40-21-11-4-12-22-40)34-57-43(31-52-38-17-7-2-8-18-38)28-50-23-13-16-36-14-5-1-6-15-36;1-2/h1-12,14-15,17-22,40,44-48,52H,13,16,23-38H2,(H,53,54)(H,55,56)(H,57,58);1-12,14-15,17-22,37,41-49H,13,16,23-35H2;1H3/i;;1D. The zero-order valence-corrected chi connectivity index (χ0v) is 73.3. The lowest BCUT2D eigenvalue weighted by molar-refractivity contribution is -0.156. The minimum Gasteiger partial charge on any atom is -0.491 e. The second kappa shape index (κ2) is 70.9. The van der Waals surface area contributed by atoms with Crippen LogP contribution in [0.1, 0.15) is 25.3 Å². The predicted molar refractivity (Wildman–Crippen MR) is 476 cm³/mol. The molecule has 32 nitrogen and oxygen atoms in total. The molecule has 33 heteroatoms. The molecule has 0 saturated carbocycles. The van der Waals surface area contributed by atoms with E-state index in [1.54, 1.807) is 12.1 Å². The first-order valence-corrected chi connectivity index (χ1v) is 43.0. The van der Waals surface area contributed by atoms with Gasteiger partial charge in [0, 0.05) is 13.2 Å². The second-order valence-corrected chi connectivity index (χ2v) is 29.2. The Labute approximate surface area is 761 Å².